The van der Waals surface area contributed by atoms with Crippen LogP contribution in [-0.4, -0.2) is 20.3 Å². The van der Waals surface area contributed by atoms with Crippen molar-refractivity contribution in [3.05, 3.63) is 71.0 Å². The van der Waals surface area contributed by atoms with E-state index in [1.807, 2.05) is 19.1 Å². The summed E-state index contributed by atoms with van der Waals surface area (Å²) in [5, 5.41) is 3.35. The molecule has 1 unspecified atom stereocenters. The molecule has 1 atom stereocenters. The molecule has 112 valence electrons. The molecule has 0 aromatic heterocycles. The van der Waals surface area contributed by atoms with E-state index in [4.69, 9.17) is 4.74 Å². The molecule has 0 saturated heterocycles. The summed E-state index contributed by atoms with van der Waals surface area (Å²) >= 11 is 0. The maximum atomic E-state index is 14.0. The molecule has 0 bridgehead atoms. The van der Waals surface area contributed by atoms with Gasteiger partial charge in [0.25, 0.3) is 0 Å². The molecular weight excluding hydrogens is 265 g/mol. The van der Waals surface area contributed by atoms with Crippen LogP contribution in [0.3, 0.4) is 0 Å². The average molecular weight is 287 g/mol. The number of methoxy groups -OCH3 is 1. The van der Waals surface area contributed by atoms with Gasteiger partial charge in [-0.1, -0.05) is 49.4 Å². The summed E-state index contributed by atoms with van der Waals surface area (Å²) in [4.78, 5) is 0. The van der Waals surface area contributed by atoms with Crippen LogP contribution in [-0.2, 0) is 11.2 Å². The maximum Gasteiger partial charge on any atom is 0.128 e. The van der Waals surface area contributed by atoms with Crippen molar-refractivity contribution in [1.82, 2.24) is 5.32 Å². The molecule has 0 amide bonds. The number of hydrogen-bond donors (Lipinski definition) is 1. The summed E-state index contributed by atoms with van der Waals surface area (Å²) in [6.45, 7) is 3.52. The van der Waals surface area contributed by atoms with Gasteiger partial charge < -0.3 is 10.1 Å². The van der Waals surface area contributed by atoms with Gasteiger partial charge in [-0.25, -0.2) is 4.39 Å². The number of hydrogen-bond acceptors (Lipinski definition) is 2. The Balaban J connectivity index is 2.24. The van der Waals surface area contributed by atoms with Gasteiger partial charge in [-0.15, -0.1) is 0 Å². The van der Waals surface area contributed by atoms with E-state index in [1.165, 1.54) is 11.6 Å². The van der Waals surface area contributed by atoms with Gasteiger partial charge in [0, 0.05) is 12.7 Å². The minimum Gasteiger partial charge on any atom is -0.384 e. The van der Waals surface area contributed by atoms with Crippen LogP contribution in [0.15, 0.2) is 48.5 Å². The van der Waals surface area contributed by atoms with Gasteiger partial charge in [0.2, 0.25) is 0 Å². The fourth-order valence-electron chi connectivity index (χ4n) is 2.42. The highest BCUT2D eigenvalue weighted by Crippen LogP contribution is 2.24. The van der Waals surface area contributed by atoms with Crippen molar-refractivity contribution in [2.75, 3.05) is 20.3 Å². The molecule has 0 saturated carbocycles. The maximum absolute atomic E-state index is 14.0. The standard InChI is InChI=1S/C18H22FNO/c1-3-20-18(16-6-4-5-7-17(16)19)15-10-8-14(9-11-15)12-13-21-2/h4-11,18,20H,3,12-13H2,1-2H3. The predicted octanol–water partition coefficient (Wildman–Crippen LogP) is 3.71. The Labute approximate surface area is 126 Å². The third-order valence-electron chi connectivity index (χ3n) is 3.53. The number of halogens is 1. The first-order valence-corrected chi connectivity index (χ1v) is 7.31. The Morgan fingerprint density at radius 3 is 2.43 bits per heavy atom. The second-order valence-corrected chi connectivity index (χ2v) is 5.00. The first kappa shape index (κ1) is 15.7. The molecule has 0 aliphatic carbocycles. The third-order valence-corrected chi connectivity index (χ3v) is 3.53. The molecule has 21 heavy (non-hydrogen) atoms. The molecule has 1 N–H and O–H groups in total. The van der Waals surface area contributed by atoms with Gasteiger partial charge in [-0.05, 0) is 30.2 Å². The summed E-state index contributed by atoms with van der Waals surface area (Å²) in [5.74, 6) is -0.174. The highest BCUT2D eigenvalue weighted by Gasteiger charge is 2.16. The molecule has 0 aliphatic rings. The van der Waals surface area contributed by atoms with Gasteiger partial charge in [-0.2, -0.15) is 0 Å². The SMILES string of the molecule is CCNC(c1ccc(CCOC)cc1)c1ccccc1F. The van der Waals surface area contributed by atoms with Crippen molar-refractivity contribution >= 4 is 0 Å². The van der Waals surface area contributed by atoms with Crippen molar-refractivity contribution in [2.24, 2.45) is 0 Å². The van der Waals surface area contributed by atoms with E-state index < -0.39 is 0 Å². The van der Waals surface area contributed by atoms with Gasteiger partial charge in [0.15, 0.2) is 0 Å². The van der Waals surface area contributed by atoms with Crippen molar-refractivity contribution in [2.45, 2.75) is 19.4 Å². The Bertz CT molecular complexity index is 553. The largest absolute Gasteiger partial charge is 0.384 e. The second-order valence-electron chi connectivity index (χ2n) is 5.00. The van der Waals surface area contributed by atoms with E-state index in [0.717, 1.165) is 18.5 Å². The molecule has 0 aliphatic heterocycles. The smallest absolute Gasteiger partial charge is 0.128 e. The lowest BCUT2D eigenvalue weighted by atomic mass is 9.97. The van der Waals surface area contributed by atoms with E-state index in [1.54, 1.807) is 13.2 Å². The van der Waals surface area contributed by atoms with Crippen LogP contribution in [0.4, 0.5) is 4.39 Å². The zero-order valence-electron chi connectivity index (χ0n) is 12.6. The van der Waals surface area contributed by atoms with E-state index in [-0.39, 0.29) is 11.9 Å². The summed E-state index contributed by atoms with van der Waals surface area (Å²) in [7, 11) is 1.70. The van der Waals surface area contributed by atoms with Crippen LogP contribution < -0.4 is 5.32 Å². The first-order valence-electron chi connectivity index (χ1n) is 7.31. The van der Waals surface area contributed by atoms with Crippen molar-refractivity contribution in [1.29, 1.82) is 0 Å². The zero-order valence-corrected chi connectivity index (χ0v) is 12.6. The number of nitrogens with one attached hydrogen (secondary N) is 1. The molecule has 0 heterocycles. The molecule has 2 rings (SSSR count). The number of ether oxygens (including phenoxy) is 1. The Hall–Kier alpha value is -1.71. The summed E-state index contributed by atoms with van der Waals surface area (Å²) < 4.78 is 19.1. The van der Waals surface area contributed by atoms with Crippen LogP contribution >= 0.6 is 0 Å². The summed E-state index contributed by atoms with van der Waals surface area (Å²) in [5.41, 5.74) is 2.98. The Kier molecular flexibility index (Phi) is 5.90. The molecule has 0 fully saturated rings. The molecular formula is C18H22FNO. The second kappa shape index (κ2) is 7.91. The topological polar surface area (TPSA) is 21.3 Å². The lowest BCUT2D eigenvalue weighted by Gasteiger charge is -2.20. The molecule has 3 heteroatoms. The molecule has 2 aromatic rings. The van der Waals surface area contributed by atoms with Gasteiger partial charge in [-0.3, -0.25) is 0 Å². The van der Waals surface area contributed by atoms with Crippen LogP contribution in [0.5, 0.6) is 0 Å². The minimum absolute atomic E-state index is 0.118. The molecule has 0 radical (unpaired) electrons. The Morgan fingerprint density at radius 2 is 1.81 bits per heavy atom. The predicted molar refractivity (Wildman–Crippen MR) is 83.9 cm³/mol. The van der Waals surface area contributed by atoms with E-state index in [2.05, 4.69) is 29.6 Å². The quantitative estimate of drug-likeness (QED) is 0.838. The molecule has 2 nitrogen and oxygen atoms in total. The van der Waals surface area contributed by atoms with Gasteiger partial charge >= 0.3 is 0 Å². The van der Waals surface area contributed by atoms with Gasteiger partial charge in [0.1, 0.15) is 5.82 Å². The minimum atomic E-state index is -0.174. The Morgan fingerprint density at radius 1 is 1.10 bits per heavy atom. The van der Waals surface area contributed by atoms with Crippen LogP contribution in [0.2, 0.25) is 0 Å². The number of rotatable bonds is 7. The van der Waals surface area contributed by atoms with E-state index >= 15 is 0 Å². The summed E-state index contributed by atoms with van der Waals surface area (Å²) in [6.07, 6.45) is 0.891. The monoisotopic (exact) mass is 287 g/mol. The third kappa shape index (κ3) is 4.13. The van der Waals surface area contributed by atoms with Crippen molar-refractivity contribution in [3.8, 4) is 0 Å². The highest BCUT2D eigenvalue weighted by atomic mass is 19.1. The average Bonchev–Trinajstić information content (AvgIpc) is 2.52. The van der Waals surface area contributed by atoms with E-state index in [0.29, 0.717) is 12.2 Å². The first-order chi connectivity index (χ1) is 10.3. The lowest BCUT2D eigenvalue weighted by Crippen LogP contribution is -2.23. The molecule has 0 spiro atoms. The zero-order chi connectivity index (χ0) is 15.1. The van der Waals surface area contributed by atoms with Gasteiger partial charge in [0.05, 0.1) is 12.6 Å². The van der Waals surface area contributed by atoms with Crippen molar-refractivity contribution in [3.63, 3.8) is 0 Å². The highest BCUT2D eigenvalue weighted by molar-refractivity contribution is 5.34. The van der Waals surface area contributed by atoms with Crippen molar-refractivity contribution < 1.29 is 9.13 Å². The number of benzene rings is 2. The molecule has 2 aromatic carbocycles. The van der Waals surface area contributed by atoms with Crippen LogP contribution in [0.1, 0.15) is 29.7 Å². The fraction of sp³-hybridized carbons (Fsp3) is 0.333. The summed E-state index contributed by atoms with van der Waals surface area (Å²) in [6, 6.07) is 15.1. The normalized spacial score (nSPS) is 12.3. The fourth-order valence-corrected chi connectivity index (χ4v) is 2.42. The van der Waals surface area contributed by atoms with Crippen LogP contribution in [0.25, 0.3) is 0 Å². The van der Waals surface area contributed by atoms with Crippen LogP contribution in [0, 0.1) is 5.82 Å². The van der Waals surface area contributed by atoms with E-state index in [9.17, 15) is 4.39 Å². The lowest BCUT2D eigenvalue weighted by molar-refractivity contribution is 0.202.